The average Bonchev–Trinajstić information content (AvgIpc) is 2.25. The second kappa shape index (κ2) is 5.72. The molecule has 1 saturated heterocycles. The first-order chi connectivity index (χ1) is 8.96. The van der Waals surface area contributed by atoms with Crippen LogP contribution >= 0.6 is 0 Å². The van der Waals surface area contributed by atoms with Gasteiger partial charge in [-0.15, -0.1) is 0 Å². The van der Waals surface area contributed by atoms with Crippen molar-refractivity contribution in [2.45, 2.75) is 65.6 Å². The molecule has 0 amide bonds. The van der Waals surface area contributed by atoms with Crippen molar-refractivity contribution >= 4 is 11.9 Å². The molecular formula is C15H26O5. The summed E-state index contributed by atoms with van der Waals surface area (Å²) in [6, 6.07) is 0. The maximum atomic E-state index is 12.5. The molecule has 0 spiro atoms. The molecule has 0 aromatic heterocycles. The number of ether oxygens (including phenoxy) is 3. The Morgan fingerprint density at radius 3 is 1.50 bits per heavy atom. The molecule has 1 aliphatic rings. The van der Waals surface area contributed by atoms with Gasteiger partial charge in [-0.1, -0.05) is 0 Å². The number of esters is 2. The van der Waals surface area contributed by atoms with E-state index in [9.17, 15) is 9.59 Å². The summed E-state index contributed by atoms with van der Waals surface area (Å²) >= 11 is 0. The highest BCUT2D eigenvalue weighted by Gasteiger charge is 2.51. The highest BCUT2D eigenvalue weighted by atomic mass is 16.6. The summed E-state index contributed by atoms with van der Waals surface area (Å²) in [6.45, 7) is 11.4. The van der Waals surface area contributed by atoms with Crippen LogP contribution in [0.25, 0.3) is 0 Å². The molecule has 0 aromatic rings. The maximum absolute atomic E-state index is 12.5. The summed E-state index contributed by atoms with van der Waals surface area (Å²) in [4.78, 5) is 25.0. The van der Waals surface area contributed by atoms with Crippen LogP contribution < -0.4 is 0 Å². The fraction of sp³-hybridized carbons (Fsp3) is 0.867. The lowest BCUT2D eigenvalue weighted by Gasteiger charge is -2.36. The summed E-state index contributed by atoms with van der Waals surface area (Å²) in [5, 5.41) is 0. The topological polar surface area (TPSA) is 61.8 Å². The Kier molecular flexibility index (Phi) is 4.85. The molecule has 0 saturated carbocycles. The van der Waals surface area contributed by atoms with Crippen molar-refractivity contribution in [3.63, 3.8) is 0 Å². The van der Waals surface area contributed by atoms with Gasteiger partial charge < -0.3 is 14.2 Å². The molecule has 0 unspecified atom stereocenters. The van der Waals surface area contributed by atoms with E-state index in [0.717, 1.165) is 0 Å². The van der Waals surface area contributed by atoms with Gasteiger partial charge in [0.2, 0.25) is 0 Å². The standard InChI is InChI=1S/C15H26O5/c1-13(2,3)19-11(16)15(7-9-18-10-8-15)12(17)20-14(4,5)6/h7-10H2,1-6H3. The predicted molar refractivity (Wildman–Crippen MR) is 74.2 cm³/mol. The average molecular weight is 286 g/mol. The van der Waals surface area contributed by atoms with E-state index in [-0.39, 0.29) is 0 Å². The molecule has 1 aliphatic heterocycles. The zero-order valence-electron chi connectivity index (χ0n) is 13.4. The van der Waals surface area contributed by atoms with Gasteiger partial charge in [0.1, 0.15) is 11.2 Å². The van der Waals surface area contributed by atoms with Gasteiger partial charge in [-0.3, -0.25) is 9.59 Å². The Labute approximate surface area is 121 Å². The van der Waals surface area contributed by atoms with Crippen molar-refractivity contribution in [2.75, 3.05) is 13.2 Å². The van der Waals surface area contributed by atoms with Crippen molar-refractivity contribution in [1.82, 2.24) is 0 Å². The number of carbonyl (C=O) groups is 2. The Balaban J connectivity index is 2.97. The predicted octanol–water partition coefficient (Wildman–Crippen LogP) is 2.47. The zero-order chi connectivity index (χ0) is 15.6. The Bertz CT molecular complexity index is 337. The molecule has 5 heteroatoms. The Morgan fingerprint density at radius 2 is 1.20 bits per heavy atom. The maximum Gasteiger partial charge on any atom is 0.324 e. The van der Waals surface area contributed by atoms with E-state index in [1.807, 2.05) is 0 Å². The molecule has 0 radical (unpaired) electrons. The fourth-order valence-corrected chi connectivity index (χ4v) is 1.96. The molecule has 0 atom stereocenters. The quantitative estimate of drug-likeness (QED) is 0.576. The number of carbonyl (C=O) groups excluding carboxylic acids is 2. The SMILES string of the molecule is CC(C)(C)OC(=O)C1(C(=O)OC(C)(C)C)CCOCC1. The first kappa shape index (κ1) is 17.0. The molecule has 20 heavy (non-hydrogen) atoms. The van der Waals surface area contributed by atoms with Crippen molar-refractivity contribution in [3.8, 4) is 0 Å². The third-order valence-electron chi connectivity index (χ3n) is 2.93. The van der Waals surface area contributed by atoms with Gasteiger partial charge in [0, 0.05) is 13.2 Å². The van der Waals surface area contributed by atoms with Gasteiger partial charge in [0.25, 0.3) is 0 Å². The van der Waals surface area contributed by atoms with E-state index in [0.29, 0.717) is 26.1 Å². The summed E-state index contributed by atoms with van der Waals surface area (Å²) < 4.78 is 16.1. The number of hydrogen-bond donors (Lipinski definition) is 0. The zero-order valence-corrected chi connectivity index (χ0v) is 13.4. The molecule has 5 nitrogen and oxygen atoms in total. The van der Waals surface area contributed by atoms with Gasteiger partial charge in [0.05, 0.1) is 0 Å². The minimum atomic E-state index is -1.24. The van der Waals surface area contributed by atoms with Gasteiger partial charge in [-0.2, -0.15) is 0 Å². The second-order valence-corrected chi connectivity index (χ2v) is 7.20. The molecule has 1 rings (SSSR count). The molecular weight excluding hydrogens is 260 g/mol. The van der Waals surface area contributed by atoms with Gasteiger partial charge in [-0.05, 0) is 54.4 Å². The molecule has 0 N–H and O–H groups in total. The van der Waals surface area contributed by atoms with Crippen LogP contribution in [0, 0.1) is 5.41 Å². The third-order valence-corrected chi connectivity index (χ3v) is 2.93. The molecule has 0 aromatic carbocycles. The van der Waals surface area contributed by atoms with Crippen LogP contribution in [0.5, 0.6) is 0 Å². The van der Waals surface area contributed by atoms with Crippen LogP contribution in [0.3, 0.4) is 0 Å². The van der Waals surface area contributed by atoms with Crippen LogP contribution in [-0.2, 0) is 23.8 Å². The van der Waals surface area contributed by atoms with E-state index < -0.39 is 28.6 Å². The molecule has 116 valence electrons. The van der Waals surface area contributed by atoms with Crippen LogP contribution in [0.15, 0.2) is 0 Å². The van der Waals surface area contributed by atoms with Crippen LogP contribution in [0.2, 0.25) is 0 Å². The largest absolute Gasteiger partial charge is 0.459 e. The highest BCUT2D eigenvalue weighted by molar-refractivity contribution is 6.00. The number of hydrogen-bond acceptors (Lipinski definition) is 5. The van der Waals surface area contributed by atoms with E-state index in [4.69, 9.17) is 14.2 Å². The summed E-state index contributed by atoms with van der Waals surface area (Å²) in [5.74, 6) is -1.02. The first-order valence-corrected chi connectivity index (χ1v) is 7.01. The van der Waals surface area contributed by atoms with E-state index in [2.05, 4.69) is 0 Å². The van der Waals surface area contributed by atoms with E-state index >= 15 is 0 Å². The van der Waals surface area contributed by atoms with Crippen molar-refractivity contribution in [3.05, 3.63) is 0 Å². The lowest BCUT2D eigenvalue weighted by Crippen LogP contribution is -2.49. The van der Waals surface area contributed by atoms with Crippen LogP contribution in [0.1, 0.15) is 54.4 Å². The Hall–Kier alpha value is -1.10. The summed E-state index contributed by atoms with van der Waals surface area (Å²) in [7, 11) is 0. The van der Waals surface area contributed by atoms with E-state index in [1.165, 1.54) is 0 Å². The highest BCUT2D eigenvalue weighted by Crippen LogP contribution is 2.36. The van der Waals surface area contributed by atoms with Crippen molar-refractivity contribution < 1.29 is 23.8 Å². The fourth-order valence-electron chi connectivity index (χ4n) is 1.96. The normalized spacial score (nSPS) is 19.3. The van der Waals surface area contributed by atoms with Crippen LogP contribution in [0.4, 0.5) is 0 Å². The first-order valence-electron chi connectivity index (χ1n) is 7.01. The molecule has 1 fully saturated rings. The van der Waals surface area contributed by atoms with Crippen molar-refractivity contribution in [2.24, 2.45) is 5.41 Å². The minimum absolute atomic E-state index is 0.302. The second-order valence-electron chi connectivity index (χ2n) is 7.20. The summed E-state index contributed by atoms with van der Waals surface area (Å²) in [5.41, 5.74) is -2.51. The van der Waals surface area contributed by atoms with Crippen molar-refractivity contribution in [1.29, 1.82) is 0 Å². The van der Waals surface area contributed by atoms with Gasteiger partial charge >= 0.3 is 11.9 Å². The lowest BCUT2D eigenvalue weighted by molar-refractivity contribution is -0.192. The third kappa shape index (κ3) is 4.47. The minimum Gasteiger partial charge on any atom is -0.459 e. The lowest BCUT2D eigenvalue weighted by atomic mass is 9.80. The molecule has 1 heterocycles. The van der Waals surface area contributed by atoms with Gasteiger partial charge in [0.15, 0.2) is 5.41 Å². The smallest absolute Gasteiger partial charge is 0.324 e. The van der Waals surface area contributed by atoms with Gasteiger partial charge in [-0.25, -0.2) is 0 Å². The summed E-state index contributed by atoms with van der Waals surface area (Å²) in [6.07, 6.45) is 0.605. The monoisotopic (exact) mass is 286 g/mol. The molecule has 0 aliphatic carbocycles. The van der Waals surface area contributed by atoms with E-state index in [1.54, 1.807) is 41.5 Å². The molecule has 0 bridgehead atoms. The Morgan fingerprint density at radius 1 is 0.850 bits per heavy atom. The number of rotatable bonds is 2. The van der Waals surface area contributed by atoms with Crippen LogP contribution in [-0.4, -0.2) is 36.4 Å².